The third-order valence-electron chi connectivity index (χ3n) is 3.97. The molecule has 1 aromatic rings. The average molecular weight is 285 g/mol. The van der Waals surface area contributed by atoms with Crippen molar-refractivity contribution in [3.63, 3.8) is 0 Å². The molecule has 2 heteroatoms. The fourth-order valence-corrected chi connectivity index (χ4v) is 2.69. The van der Waals surface area contributed by atoms with Crippen LogP contribution in [0.25, 0.3) is 0 Å². The molecule has 0 aliphatic carbocycles. The molecule has 1 aromatic carbocycles. The lowest BCUT2D eigenvalue weighted by Gasteiger charge is -2.23. The number of rotatable bonds is 4. The van der Waals surface area contributed by atoms with Gasteiger partial charge in [-0.2, -0.15) is 0 Å². The Labute approximate surface area is 129 Å². The molecular formula is C19H27NO. The zero-order chi connectivity index (χ0) is 15.1. The first-order chi connectivity index (χ1) is 10.2. The number of hydrogen-bond acceptors (Lipinski definition) is 2. The Bertz CT molecular complexity index is 504. The van der Waals surface area contributed by atoms with Crippen molar-refractivity contribution >= 4 is 0 Å². The predicted molar refractivity (Wildman–Crippen MR) is 88.8 cm³/mol. The van der Waals surface area contributed by atoms with Gasteiger partial charge in [0.05, 0.1) is 6.54 Å². The normalized spacial score (nSPS) is 15.6. The Morgan fingerprint density at radius 1 is 1.14 bits per heavy atom. The van der Waals surface area contributed by atoms with Crippen LogP contribution in [0.3, 0.4) is 0 Å². The van der Waals surface area contributed by atoms with Crippen LogP contribution in [0.15, 0.2) is 18.2 Å². The Kier molecular flexibility index (Phi) is 6.14. The van der Waals surface area contributed by atoms with Crippen molar-refractivity contribution in [2.45, 2.75) is 46.0 Å². The molecule has 2 rings (SSSR count). The molecule has 0 saturated carbocycles. The number of aryl methyl sites for hydroxylation is 1. The van der Waals surface area contributed by atoms with Gasteiger partial charge in [-0.25, -0.2) is 0 Å². The van der Waals surface area contributed by atoms with E-state index in [0.29, 0.717) is 12.5 Å². The van der Waals surface area contributed by atoms with Gasteiger partial charge in [0.25, 0.3) is 0 Å². The highest BCUT2D eigenvalue weighted by Gasteiger charge is 2.08. The summed E-state index contributed by atoms with van der Waals surface area (Å²) in [5, 5.41) is 0. The van der Waals surface area contributed by atoms with E-state index in [2.05, 4.69) is 55.7 Å². The summed E-state index contributed by atoms with van der Waals surface area (Å²) in [6.45, 7) is 10.2. The molecule has 0 atom stereocenters. The van der Waals surface area contributed by atoms with Crippen LogP contribution in [0, 0.1) is 18.8 Å². The predicted octanol–water partition coefficient (Wildman–Crippen LogP) is 3.99. The van der Waals surface area contributed by atoms with Gasteiger partial charge < -0.3 is 4.74 Å². The average Bonchev–Trinajstić information content (AvgIpc) is 2.48. The van der Waals surface area contributed by atoms with Crippen LogP contribution in [0.5, 0.6) is 5.75 Å². The van der Waals surface area contributed by atoms with Gasteiger partial charge in [0, 0.05) is 0 Å². The fourth-order valence-electron chi connectivity index (χ4n) is 2.69. The van der Waals surface area contributed by atoms with Gasteiger partial charge >= 0.3 is 0 Å². The molecule has 0 amide bonds. The van der Waals surface area contributed by atoms with Gasteiger partial charge in [-0.05, 0) is 56.0 Å². The molecule has 0 bridgehead atoms. The minimum Gasteiger partial charge on any atom is -0.481 e. The summed E-state index contributed by atoms with van der Waals surface area (Å²) in [5.74, 6) is 7.85. The SMILES string of the molecule is Cc1ccc(C(C)C)c(OCC#CCN2CCCCC2)c1. The maximum atomic E-state index is 5.88. The minimum absolute atomic E-state index is 0.474. The van der Waals surface area contributed by atoms with Gasteiger partial charge in [0.15, 0.2) is 0 Å². The Morgan fingerprint density at radius 2 is 1.90 bits per heavy atom. The Morgan fingerprint density at radius 3 is 2.62 bits per heavy atom. The lowest BCUT2D eigenvalue weighted by atomic mass is 10.0. The smallest absolute Gasteiger partial charge is 0.149 e. The number of ether oxygens (including phenoxy) is 1. The van der Waals surface area contributed by atoms with Gasteiger partial charge in [0.2, 0.25) is 0 Å². The summed E-state index contributed by atoms with van der Waals surface area (Å²) in [6.07, 6.45) is 4.01. The van der Waals surface area contributed by atoms with Crippen LogP contribution in [0.4, 0.5) is 0 Å². The van der Waals surface area contributed by atoms with Crippen molar-refractivity contribution in [2.24, 2.45) is 0 Å². The van der Waals surface area contributed by atoms with Crippen LogP contribution in [0.1, 0.15) is 50.2 Å². The minimum atomic E-state index is 0.474. The molecule has 0 radical (unpaired) electrons. The van der Waals surface area contributed by atoms with Gasteiger partial charge in [-0.1, -0.05) is 44.2 Å². The third-order valence-corrected chi connectivity index (χ3v) is 3.97. The summed E-state index contributed by atoms with van der Waals surface area (Å²) < 4.78 is 5.88. The Balaban J connectivity index is 1.84. The molecule has 1 saturated heterocycles. The molecule has 21 heavy (non-hydrogen) atoms. The van der Waals surface area contributed by atoms with E-state index >= 15 is 0 Å². The van der Waals surface area contributed by atoms with Crippen molar-refractivity contribution in [2.75, 3.05) is 26.2 Å². The van der Waals surface area contributed by atoms with Gasteiger partial charge in [-0.15, -0.1) is 0 Å². The fraction of sp³-hybridized carbons (Fsp3) is 0.579. The molecule has 0 unspecified atom stereocenters. The molecule has 0 spiro atoms. The zero-order valence-electron chi connectivity index (χ0n) is 13.6. The maximum absolute atomic E-state index is 5.88. The summed E-state index contributed by atoms with van der Waals surface area (Å²) in [5.41, 5.74) is 2.49. The number of piperidine rings is 1. The van der Waals surface area contributed by atoms with Gasteiger partial charge in [0.1, 0.15) is 12.4 Å². The van der Waals surface area contributed by atoms with E-state index in [1.165, 1.54) is 43.5 Å². The molecule has 1 heterocycles. The highest BCUT2D eigenvalue weighted by atomic mass is 16.5. The van der Waals surface area contributed by atoms with Crippen LogP contribution in [0.2, 0.25) is 0 Å². The number of benzene rings is 1. The first kappa shape index (κ1) is 15.9. The summed E-state index contributed by atoms with van der Waals surface area (Å²) in [7, 11) is 0. The Hall–Kier alpha value is -1.46. The van der Waals surface area contributed by atoms with Crippen LogP contribution >= 0.6 is 0 Å². The lowest BCUT2D eigenvalue weighted by molar-refractivity contribution is 0.255. The van der Waals surface area contributed by atoms with E-state index in [1.807, 2.05) is 0 Å². The number of likely N-dealkylation sites (tertiary alicyclic amines) is 1. The van der Waals surface area contributed by atoms with Crippen molar-refractivity contribution in [3.05, 3.63) is 29.3 Å². The molecular weight excluding hydrogens is 258 g/mol. The number of hydrogen-bond donors (Lipinski definition) is 0. The highest BCUT2D eigenvalue weighted by molar-refractivity contribution is 5.39. The quantitative estimate of drug-likeness (QED) is 0.776. The third kappa shape index (κ3) is 5.10. The van der Waals surface area contributed by atoms with E-state index in [-0.39, 0.29) is 0 Å². The highest BCUT2D eigenvalue weighted by Crippen LogP contribution is 2.27. The molecule has 0 aromatic heterocycles. The molecule has 1 aliphatic rings. The molecule has 114 valence electrons. The van der Waals surface area contributed by atoms with Crippen molar-refractivity contribution in [3.8, 4) is 17.6 Å². The molecule has 1 aliphatic heterocycles. The zero-order valence-corrected chi connectivity index (χ0v) is 13.6. The lowest BCUT2D eigenvalue weighted by Crippen LogP contribution is -2.29. The molecule has 1 fully saturated rings. The first-order valence-corrected chi connectivity index (χ1v) is 8.08. The van der Waals surface area contributed by atoms with Crippen molar-refractivity contribution in [1.82, 2.24) is 4.90 Å². The van der Waals surface area contributed by atoms with Crippen molar-refractivity contribution < 1.29 is 4.74 Å². The standard InChI is InChI=1S/C19H27NO/c1-16(2)18-10-9-17(3)15-19(18)21-14-8-7-13-20-11-5-4-6-12-20/h9-10,15-16H,4-6,11-14H2,1-3H3. The molecule has 0 N–H and O–H groups in total. The van der Waals surface area contributed by atoms with E-state index in [0.717, 1.165) is 12.3 Å². The largest absolute Gasteiger partial charge is 0.481 e. The van der Waals surface area contributed by atoms with Gasteiger partial charge in [-0.3, -0.25) is 4.90 Å². The van der Waals surface area contributed by atoms with Crippen molar-refractivity contribution in [1.29, 1.82) is 0 Å². The van der Waals surface area contributed by atoms with Crippen LogP contribution in [-0.2, 0) is 0 Å². The summed E-state index contributed by atoms with van der Waals surface area (Å²) in [6, 6.07) is 6.42. The maximum Gasteiger partial charge on any atom is 0.149 e. The summed E-state index contributed by atoms with van der Waals surface area (Å²) in [4.78, 5) is 2.43. The second kappa shape index (κ2) is 8.10. The summed E-state index contributed by atoms with van der Waals surface area (Å²) >= 11 is 0. The second-order valence-electron chi connectivity index (χ2n) is 6.18. The van der Waals surface area contributed by atoms with E-state index < -0.39 is 0 Å². The van der Waals surface area contributed by atoms with Crippen LogP contribution in [-0.4, -0.2) is 31.1 Å². The van der Waals surface area contributed by atoms with E-state index in [4.69, 9.17) is 4.74 Å². The monoisotopic (exact) mass is 285 g/mol. The first-order valence-electron chi connectivity index (χ1n) is 8.08. The van der Waals surface area contributed by atoms with Crippen LogP contribution < -0.4 is 4.74 Å². The second-order valence-corrected chi connectivity index (χ2v) is 6.18. The molecule has 2 nitrogen and oxygen atoms in total. The number of nitrogens with zero attached hydrogens (tertiary/aromatic N) is 1. The topological polar surface area (TPSA) is 12.5 Å². The van der Waals surface area contributed by atoms with E-state index in [1.54, 1.807) is 0 Å². The van der Waals surface area contributed by atoms with E-state index in [9.17, 15) is 0 Å².